The number of rotatable bonds is 5. The molecule has 2 aromatic rings. The summed E-state index contributed by atoms with van der Waals surface area (Å²) in [6.45, 7) is 0. The number of nitrogens with zero attached hydrogens (tertiary/aromatic N) is 1. The summed E-state index contributed by atoms with van der Waals surface area (Å²) in [4.78, 5) is 19.0. The molecule has 1 aromatic carbocycles. The van der Waals surface area contributed by atoms with Crippen LogP contribution in [0.4, 0.5) is 0 Å². The first-order chi connectivity index (χ1) is 8.79. The van der Waals surface area contributed by atoms with Crippen LogP contribution in [-0.4, -0.2) is 15.7 Å². The summed E-state index contributed by atoms with van der Waals surface area (Å²) in [5.74, 6) is 0.911. The van der Waals surface area contributed by atoms with Crippen LogP contribution in [0.25, 0.3) is 0 Å². The summed E-state index contributed by atoms with van der Waals surface area (Å²) in [6, 6.07) is 10.0. The van der Waals surface area contributed by atoms with Gasteiger partial charge in [0.05, 0.1) is 0 Å². The van der Waals surface area contributed by atoms with Gasteiger partial charge in [0.1, 0.15) is 5.69 Å². The van der Waals surface area contributed by atoms with E-state index in [0.717, 1.165) is 11.4 Å². The average molecular weight is 372 g/mol. The number of hydrogen-bond donors (Lipinski definition) is 1. The maximum Gasteiger partial charge on any atom is 0.269 e. The molecule has 0 amide bonds. The molecular formula is C13H13IN2OS. The van der Waals surface area contributed by atoms with E-state index in [9.17, 15) is 4.79 Å². The van der Waals surface area contributed by atoms with Crippen molar-refractivity contribution >= 4 is 30.1 Å². The van der Waals surface area contributed by atoms with Crippen molar-refractivity contribution in [1.29, 1.82) is 0 Å². The van der Waals surface area contributed by atoms with E-state index < -0.39 is 0 Å². The lowest BCUT2D eigenvalue weighted by Crippen LogP contribution is -2.17. The first-order valence-electron chi connectivity index (χ1n) is 5.64. The molecule has 0 radical (unpaired) electrons. The molecular weight excluding hydrogens is 359 g/mol. The molecule has 0 saturated carbocycles. The Labute approximate surface area is 122 Å². The third kappa shape index (κ3) is 3.84. The van der Waals surface area contributed by atoms with E-state index in [1.165, 1.54) is 5.56 Å². The van der Waals surface area contributed by atoms with Gasteiger partial charge in [-0.2, -0.15) is 0 Å². The molecule has 0 unspecified atom stereocenters. The fourth-order valence-electron chi connectivity index (χ4n) is 1.68. The molecule has 0 aliphatic heterocycles. The number of H-pyrrole nitrogens is 1. The van der Waals surface area contributed by atoms with Gasteiger partial charge < -0.3 is 4.98 Å². The van der Waals surface area contributed by atoms with Crippen LogP contribution in [0.15, 0.2) is 41.3 Å². The lowest BCUT2D eigenvalue weighted by atomic mass is 10.1. The summed E-state index contributed by atoms with van der Waals surface area (Å²) in [5.41, 5.74) is 2.59. The number of aromatic nitrogens is 2. The fourth-order valence-corrected chi connectivity index (χ4v) is 2.61. The molecule has 94 valence electrons. The molecule has 0 bridgehead atoms. The summed E-state index contributed by atoms with van der Waals surface area (Å²) in [5, 5.41) is 0. The van der Waals surface area contributed by atoms with Crippen molar-refractivity contribution in [3.8, 4) is 0 Å². The Kier molecular flexibility index (Phi) is 5.25. The SMILES string of the molecule is O=c1[nH]c(Cc2ccccc2)cnc1CCSI. The van der Waals surface area contributed by atoms with Crippen LogP contribution < -0.4 is 5.56 Å². The number of aryl methyl sites for hydroxylation is 1. The zero-order chi connectivity index (χ0) is 12.8. The fraction of sp³-hybridized carbons (Fsp3) is 0.231. The van der Waals surface area contributed by atoms with Crippen molar-refractivity contribution in [2.24, 2.45) is 0 Å². The molecule has 5 heteroatoms. The number of benzene rings is 1. The highest BCUT2D eigenvalue weighted by Crippen LogP contribution is 2.11. The van der Waals surface area contributed by atoms with Gasteiger partial charge in [-0.3, -0.25) is 9.78 Å². The van der Waals surface area contributed by atoms with Gasteiger partial charge in [0.25, 0.3) is 5.56 Å². The second-order valence-corrected chi connectivity index (χ2v) is 6.40. The lowest BCUT2D eigenvalue weighted by molar-refractivity contribution is 0.921. The largest absolute Gasteiger partial charge is 0.323 e. The normalized spacial score (nSPS) is 10.5. The van der Waals surface area contributed by atoms with E-state index in [4.69, 9.17) is 0 Å². The molecule has 1 heterocycles. The monoisotopic (exact) mass is 372 g/mol. The van der Waals surface area contributed by atoms with Gasteiger partial charge in [0.15, 0.2) is 0 Å². The standard InChI is InChI=1S/C13H13IN2OS/c14-18-7-6-12-13(17)16-11(9-15-12)8-10-4-2-1-3-5-10/h1-5,9H,6-8H2,(H,16,17). The summed E-state index contributed by atoms with van der Waals surface area (Å²) in [7, 11) is 1.69. The van der Waals surface area contributed by atoms with Crippen LogP contribution in [-0.2, 0) is 12.8 Å². The third-order valence-corrected chi connectivity index (χ3v) is 4.25. The van der Waals surface area contributed by atoms with E-state index in [1.807, 2.05) is 30.3 Å². The quantitative estimate of drug-likeness (QED) is 0.821. The summed E-state index contributed by atoms with van der Waals surface area (Å²) >= 11 is 2.22. The first kappa shape index (κ1) is 13.6. The van der Waals surface area contributed by atoms with E-state index >= 15 is 0 Å². The highest BCUT2D eigenvalue weighted by molar-refractivity contribution is 14.2. The minimum absolute atomic E-state index is 0.0612. The molecule has 0 spiro atoms. The Bertz CT molecular complexity index is 556. The lowest BCUT2D eigenvalue weighted by Gasteiger charge is -2.03. The minimum Gasteiger partial charge on any atom is -0.323 e. The second kappa shape index (κ2) is 6.94. The molecule has 0 atom stereocenters. The number of nitrogens with one attached hydrogen (secondary N) is 1. The molecule has 1 N–H and O–H groups in total. The zero-order valence-corrected chi connectivity index (χ0v) is 12.7. The second-order valence-electron chi connectivity index (χ2n) is 3.91. The van der Waals surface area contributed by atoms with Crippen molar-refractivity contribution < 1.29 is 0 Å². The molecule has 0 aliphatic carbocycles. The smallest absolute Gasteiger partial charge is 0.269 e. The highest BCUT2D eigenvalue weighted by atomic mass is 127. The Morgan fingerprint density at radius 1 is 1.28 bits per heavy atom. The van der Waals surface area contributed by atoms with Gasteiger partial charge in [-0.15, -0.1) is 0 Å². The van der Waals surface area contributed by atoms with Crippen molar-refractivity contribution in [2.45, 2.75) is 12.8 Å². The van der Waals surface area contributed by atoms with Crippen LogP contribution in [0.3, 0.4) is 0 Å². The molecule has 0 aliphatic rings. The van der Waals surface area contributed by atoms with E-state index in [1.54, 1.807) is 15.1 Å². The number of hydrogen-bond acceptors (Lipinski definition) is 3. The van der Waals surface area contributed by atoms with Gasteiger partial charge in [-0.25, -0.2) is 0 Å². The number of aromatic amines is 1. The maximum absolute atomic E-state index is 11.8. The molecule has 3 nitrogen and oxygen atoms in total. The van der Waals surface area contributed by atoms with Gasteiger partial charge in [0, 0.05) is 30.5 Å². The van der Waals surface area contributed by atoms with E-state index in [0.29, 0.717) is 18.5 Å². The van der Waals surface area contributed by atoms with Crippen molar-refractivity contribution in [1.82, 2.24) is 9.97 Å². The highest BCUT2D eigenvalue weighted by Gasteiger charge is 2.03. The van der Waals surface area contributed by atoms with Crippen LogP contribution >= 0.6 is 30.1 Å². The molecule has 0 fully saturated rings. The van der Waals surface area contributed by atoms with Crippen LogP contribution in [0.2, 0.25) is 0 Å². The van der Waals surface area contributed by atoms with Crippen LogP contribution in [0.1, 0.15) is 17.0 Å². The minimum atomic E-state index is -0.0612. The Hall–Kier alpha value is -0.820. The Morgan fingerprint density at radius 2 is 2.06 bits per heavy atom. The predicted octanol–water partition coefficient (Wildman–Crippen LogP) is 2.99. The topological polar surface area (TPSA) is 45.8 Å². The van der Waals surface area contributed by atoms with Crippen molar-refractivity contribution in [3.05, 3.63) is 63.8 Å². The zero-order valence-electron chi connectivity index (χ0n) is 9.73. The molecule has 2 rings (SSSR count). The Balaban J connectivity index is 2.12. The van der Waals surface area contributed by atoms with Gasteiger partial charge in [0.2, 0.25) is 0 Å². The first-order valence-corrected chi connectivity index (χ1v) is 9.17. The molecule has 1 aromatic heterocycles. The van der Waals surface area contributed by atoms with Crippen molar-refractivity contribution in [2.75, 3.05) is 5.75 Å². The van der Waals surface area contributed by atoms with E-state index in [-0.39, 0.29) is 5.56 Å². The maximum atomic E-state index is 11.8. The van der Waals surface area contributed by atoms with Crippen LogP contribution in [0, 0.1) is 0 Å². The third-order valence-electron chi connectivity index (χ3n) is 2.57. The van der Waals surface area contributed by atoms with E-state index in [2.05, 4.69) is 31.2 Å². The summed E-state index contributed by atoms with van der Waals surface area (Å²) < 4.78 is 0. The van der Waals surface area contributed by atoms with Gasteiger partial charge in [-0.1, -0.05) is 39.3 Å². The van der Waals surface area contributed by atoms with Crippen LogP contribution in [0.5, 0.6) is 0 Å². The number of halogens is 1. The predicted molar refractivity (Wildman–Crippen MR) is 84.3 cm³/mol. The van der Waals surface area contributed by atoms with Gasteiger partial charge >= 0.3 is 0 Å². The molecule has 18 heavy (non-hydrogen) atoms. The average Bonchev–Trinajstić information content (AvgIpc) is 2.39. The molecule has 0 saturated heterocycles. The Morgan fingerprint density at radius 3 is 2.72 bits per heavy atom. The van der Waals surface area contributed by atoms with Crippen molar-refractivity contribution in [3.63, 3.8) is 0 Å². The van der Waals surface area contributed by atoms with Gasteiger partial charge in [-0.05, 0) is 26.8 Å². The summed E-state index contributed by atoms with van der Waals surface area (Å²) in [6.07, 6.45) is 3.19.